The molecule has 0 heterocycles. The first-order valence-corrected chi connectivity index (χ1v) is 10.7. The minimum absolute atomic E-state index is 0.207. The van der Waals surface area contributed by atoms with E-state index in [0.29, 0.717) is 31.7 Å². The quantitative estimate of drug-likeness (QED) is 0.645. The van der Waals surface area contributed by atoms with Crippen molar-refractivity contribution in [2.24, 2.45) is 0 Å². The van der Waals surface area contributed by atoms with Gasteiger partial charge in [0.05, 0.1) is 0 Å². The molecule has 0 radical (unpaired) electrons. The van der Waals surface area contributed by atoms with Crippen molar-refractivity contribution in [2.75, 3.05) is 19.8 Å². The molecule has 2 aromatic rings. The van der Waals surface area contributed by atoms with Crippen LogP contribution in [0, 0.1) is 0 Å². The van der Waals surface area contributed by atoms with Crippen LogP contribution in [0.5, 0.6) is 5.75 Å². The summed E-state index contributed by atoms with van der Waals surface area (Å²) in [6, 6.07) is 14.0. The van der Waals surface area contributed by atoms with Crippen molar-refractivity contribution in [1.29, 1.82) is 0 Å². The van der Waals surface area contributed by atoms with Crippen LogP contribution in [-0.4, -0.2) is 35.7 Å². The number of benzene rings is 2. The maximum Gasteiger partial charge on any atom is 0.253 e. The Hall–Kier alpha value is -2.36. The van der Waals surface area contributed by atoms with E-state index in [1.54, 1.807) is 4.90 Å². The number of carbonyl (C=O) groups is 1. The van der Waals surface area contributed by atoms with Crippen LogP contribution in [0.3, 0.4) is 0 Å². The zero-order valence-corrected chi connectivity index (χ0v) is 19.3. The van der Waals surface area contributed by atoms with Crippen molar-refractivity contribution in [3.05, 3.63) is 64.7 Å². The summed E-state index contributed by atoms with van der Waals surface area (Å²) in [4.78, 5) is 13.8. The summed E-state index contributed by atoms with van der Waals surface area (Å²) in [5.74, 6) is -0.128. The summed E-state index contributed by atoms with van der Waals surface area (Å²) in [7, 11) is 0. The summed E-state index contributed by atoms with van der Waals surface area (Å²) >= 11 is 0. The van der Waals surface area contributed by atoms with Gasteiger partial charge < -0.3 is 10.0 Å². The molecule has 0 atom stereocenters. The molecule has 2 aromatic carbocycles. The Bertz CT molecular complexity index is 813. The molecule has 0 saturated heterocycles. The predicted octanol–water partition coefficient (Wildman–Crippen LogP) is 5.57. The number of nitrogens with zero attached hydrogens (tertiary/aromatic N) is 1. The Balaban J connectivity index is 2.24. The maximum atomic E-state index is 13.2. The fraction of sp³-hybridized carbons (Fsp3) is 0.500. The molecule has 1 N–H and O–H groups in total. The molecule has 0 unspecified atom stereocenters. The van der Waals surface area contributed by atoms with Crippen LogP contribution in [0.2, 0.25) is 0 Å². The van der Waals surface area contributed by atoms with Gasteiger partial charge in [0, 0.05) is 13.1 Å². The molecule has 0 bridgehead atoms. The SMILES string of the molecule is CC(C)(C)c1cc(CCN(CCc2ccccc2)C(=O)CF)cc(C(C)(C)C)c1O. The Kier molecular flexibility index (Phi) is 7.68. The number of halogens is 1. The lowest BCUT2D eigenvalue weighted by Gasteiger charge is -2.29. The van der Waals surface area contributed by atoms with E-state index >= 15 is 0 Å². The van der Waals surface area contributed by atoms with Crippen molar-refractivity contribution in [1.82, 2.24) is 4.90 Å². The zero-order valence-electron chi connectivity index (χ0n) is 19.3. The van der Waals surface area contributed by atoms with Gasteiger partial charge in [0.25, 0.3) is 5.91 Å². The van der Waals surface area contributed by atoms with E-state index < -0.39 is 12.6 Å². The van der Waals surface area contributed by atoms with Gasteiger partial charge >= 0.3 is 0 Å². The molecule has 164 valence electrons. The van der Waals surface area contributed by atoms with E-state index in [-0.39, 0.29) is 10.8 Å². The van der Waals surface area contributed by atoms with Crippen LogP contribution < -0.4 is 0 Å². The molecule has 4 heteroatoms. The van der Waals surface area contributed by atoms with Crippen LogP contribution in [0.1, 0.15) is 63.8 Å². The number of carbonyl (C=O) groups excluding carboxylic acids is 1. The van der Waals surface area contributed by atoms with Gasteiger partial charge in [-0.3, -0.25) is 4.79 Å². The van der Waals surface area contributed by atoms with Crippen LogP contribution >= 0.6 is 0 Å². The van der Waals surface area contributed by atoms with E-state index in [0.717, 1.165) is 22.3 Å². The maximum absolute atomic E-state index is 13.2. The first-order valence-electron chi connectivity index (χ1n) is 10.7. The first kappa shape index (κ1) is 23.9. The second-order valence-corrected chi connectivity index (χ2v) is 10.0. The molecular weight excluding hydrogens is 377 g/mol. The van der Waals surface area contributed by atoms with Crippen molar-refractivity contribution in [2.45, 2.75) is 65.2 Å². The highest BCUT2D eigenvalue weighted by Crippen LogP contribution is 2.39. The highest BCUT2D eigenvalue weighted by molar-refractivity contribution is 5.77. The predicted molar refractivity (Wildman–Crippen MR) is 122 cm³/mol. The second-order valence-electron chi connectivity index (χ2n) is 10.0. The fourth-order valence-corrected chi connectivity index (χ4v) is 3.60. The number of alkyl halides is 1. The summed E-state index contributed by atoms with van der Waals surface area (Å²) < 4.78 is 13.2. The molecular formula is C26H36FNO2. The van der Waals surface area contributed by atoms with Gasteiger partial charge in [0.15, 0.2) is 6.67 Å². The van der Waals surface area contributed by atoms with Crippen LogP contribution in [0.25, 0.3) is 0 Å². The van der Waals surface area contributed by atoms with Gasteiger partial charge in [-0.25, -0.2) is 4.39 Å². The average Bonchev–Trinajstić information content (AvgIpc) is 2.67. The van der Waals surface area contributed by atoms with E-state index in [9.17, 15) is 14.3 Å². The molecule has 0 aliphatic carbocycles. The molecule has 1 amide bonds. The van der Waals surface area contributed by atoms with Gasteiger partial charge in [-0.15, -0.1) is 0 Å². The van der Waals surface area contributed by atoms with Gasteiger partial charge in [0.2, 0.25) is 0 Å². The third-order valence-corrected chi connectivity index (χ3v) is 5.44. The van der Waals surface area contributed by atoms with E-state index in [1.807, 2.05) is 42.5 Å². The third kappa shape index (κ3) is 6.32. The largest absolute Gasteiger partial charge is 0.507 e. The van der Waals surface area contributed by atoms with Gasteiger partial charge in [-0.1, -0.05) is 84.0 Å². The fourth-order valence-electron chi connectivity index (χ4n) is 3.60. The molecule has 0 aliphatic heterocycles. The number of hydrogen-bond donors (Lipinski definition) is 1. The normalized spacial score (nSPS) is 12.1. The number of phenols is 1. The summed E-state index contributed by atoms with van der Waals surface area (Å²) in [5.41, 5.74) is 3.57. The number of phenolic OH excluding ortho intramolecular Hbond substituents is 1. The van der Waals surface area contributed by atoms with Gasteiger partial charge in [0.1, 0.15) is 5.75 Å². The third-order valence-electron chi connectivity index (χ3n) is 5.44. The van der Waals surface area contributed by atoms with Crippen molar-refractivity contribution < 1.29 is 14.3 Å². The smallest absolute Gasteiger partial charge is 0.253 e. The topological polar surface area (TPSA) is 40.5 Å². The molecule has 30 heavy (non-hydrogen) atoms. The van der Waals surface area contributed by atoms with E-state index in [4.69, 9.17) is 0 Å². The Morgan fingerprint density at radius 3 is 1.77 bits per heavy atom. The number of amides is 1. The molecule has 3 nitrogen and oxygen atoms in total. The summed E-state index contributed by atoms with van der Waals surface area (Å²) in [6.07, 6.45) is 1.32. The first-order chi connectivity index (χ1) is 13.9. The zero-order chi connectivity index (χ0) is 22.5. The monoisotopic (exact) mass is 413 g/mol. The molecule has 0 fully saturated rings. The van der Waals surface area contributed by atoms with E-state index in [1.165, 1.54) is 0 Å². The van der Waals surface area contributed by atoms with Crippen molar-refractivity contribution in [3.8, 4) is 5.75 Å². The number of aromatic hydroxyl groups is 1. The molecule has 0 spiro atoms. The Morgan fingerprint density at radius 2 is 1.33 bits per heavy atom. The highest BCUT2D eigenvalue weighted by Gasteiger charge is 2.26. The highest BCUT2D eigenvalue weighted by atomic mass is 19.1. The molecule has 0 aromatic heterocycles. The van der Waals surface area contributed by atoms with Crippen LogP contribution in [-0.2, 0) is 28.5 Å². The number of hydrogen-bond acceptors (Lipinski definition) is 2. The van der Waals surface area contributed by atoms with Gasteiger partial charge in [-0.2, -0.15) is 0 Å². The summed E-state index contributed by atoms with van der Waals surface area (Å²) in [6.45, 7) is 12.4. The minimum atomic E-state index is -0.981. The Labute approximate surface area is 180 Å². The molecule has 0 aliphatic rings. The lowest BCUT2D eigenvalue weighted by atomic mass is 9.78. The average molecular weight is 414 g/mol. The van der Waals surface area contributed by atoms with Crippen molar-refractivity contribution >= 4 is 5.91 Å². The van der Waals surface area contributed by atoms with E-state index in [2.05, 4.69) is 41.5 Å². The van der Waals surface area contributed by atoms with Crippen LogP contribution in [0.15, 0.2) is 42.5 Å². The summed E-state index contributed by atoms with van der Waals surface area (Å²) in [5, 5.41) is 10.9. The second kappa shape index (κ2) is 9.63. The van der Waals surface area contributed by atoms with Crippen molar-refractivity contribution in [3.63, 3.8) is 0 Å². The molecule has 2 rings (SSSR count). The number of rotatable bonds is 7. The lowest BCUT2D eigenvalue weighted by Crippen LogP contribution is -2.35. The molecule has 0 saturated carbocycles. The lowest BCUT2D eigenvalue weighted by molar-refractivity contribution is -0.132. The Morgan fingerprint density at radius 1 is 0.867 bits per heavy atom. The standard InChI is InChI=1S/C26H36FNO2/c1-25(2,3)21-16-20(17-22(24(21)30)26(4,5)6)13-15-28(23(29)18-27)14-12-19-10-8-7-9-11-19/h7-11,16-17,30H,12-15,18H2,1-6H3. The minimum Gasteiger partial charge on any atom is -0.507 e. The van der Waals surface area contributed by atoms with Gasteiger partial charge in [-0.05, 0) is 45.9 Å². The van der Waals surface area contributed by atoms with Crippen LogP contribution in [0.4, 0.5) is 4.39 Å².